The Morgan fingerprint density at radius 3 is 2.49 bits per heavy atom. The molecule has 2 aromatic carbocycles. The number of benzene rings is 2. The molecule has 0 bridgehead atoms. The summed E-state index contributed by atoms with van der Waals surface area (Å²) >= 11 is 0. The van der Waals surface area contributed by atoms with Gasteiger partial charge in [-0.1, -0.05) is 22.9 Å². The third-order valence-electron chi connectivity index (χ3n) is 5.00. The Bertz CT molecular complexity index is 1240. The number of carbonyl (C=O) groups excluding carboxylic acids is 1. The first-order chi connectivity index (χ1) is 17.2. The van der Waals surface area contributed by atoms with Crippen LogP contribution in [-0.2, 0) is 13.2 Å². The molecule has 0 aliphatic rings. The predicted molar refractivity (Wildman–Crippen MR) is 131 cm³/mol. The monoisotopic (exact) mass is 470 g/mol. The fourth-order valence-electron chi connectivity index (χ4n) is 3.11. The summed E-state index contributed by atoms with van der Waals surface area (Å²) in [6.07, 6.45) is 7.36. The van der Waals surface area contributed by atoms with E-state index < -0.39 is 0 Å². The van der Waals surface area contributed by atoms with Crippen LogP contribution < -0.4 is 14.9 Å². The SMILES string of the molecule is Cc1ccc(OCc2cn(CCCOc3ccc(/C=N/NC(=O)c4ccncc4)cc3)nn2)cc1. The van der Waals surface area contributed by atoms with Crippen molar-refractivity contribution < 1.29 is 14.3 Å². The van der Waals surface area contributed by atoms with Crippen molar-refractivity contribution >= 4 is 12.1 Å². The zero-order chi connectivity index (χ0) is 24.3. The number of nitrogens with one attached hydrogen (secondary N) is 1. The fraction of sp³-hybridized carbons (Fsp3) is 0.192. The number of pyridine rings is 1. The zero-order valence-electron chi connectivity index (χ0n) is 19.4. The van der Waals surface area contributed by atoms with E-state index in [9.17, 15) is 4.79 Å². The van der Waals surface area contributed by atoms with Gasteiger partial charge >= 0.3 is 0 Å². The van der Waals surface area contributed by atoms with Gasteiger partial charge in [0.1, 0.15) is 23.8 Å². The van der Waals surface area contributed by atoms with Gasteiger partial charge in [-0.2, -0.15) is 5.10 Å². The van der Waals surface area contributed by atoms with E-state index in [1.165, 1.54) is 5.56 Å². The molecule has 0 aliphatic carbocycles. The molecule has 4 aromatic rings. The minimum Gasteiger partial charge on any atom is -0.494 e. The van der Waals surface area contributed by atoms with Crippen molar-refractivity contribution in [2.75, 3.05) is 6.61 Å². The Morgan fingerprint density at radius 2 is 1.71 bits per heavy atom. The molecule has 1 amide bonds. The maximum atomic E-state index is 12.0. The number of ether oxygens (including phenoxy) is 2. The van der Waals surface area contributed by atoms with Crippen molar-refractivity contribution in [1.82, 2.24) is 25.4 Å². The average molecular weight is 471 g/mol. The van der Waals surface area contributed by atoms with Gasteiger partial charge in [-0.15, -0.1) is 5.10 Å². The van der Waals surface area contributed by atoms with Gasteiger partial charge < -0.3 is 9.47 Å². The Morgan fingerprint density at radius 1 is 1.00 bits per heavy atom. The maximum absolute atomic E-state index is 12.0. The molecule has 1 N–H and O–H groups in total. The Labute approximate surface area is 203 Å². The molecule has 9 heteroatoms. The van der Waals surface area contributed by atoms with Crippen LogP contribution in [-0.4, -0.2) is 38.7 Å². The van der Waals surface area contributed by atoms with E-state index in [0.717, 1.165) is 29.2 Å². The summed E-state index contributed by atoms with van der Waals surface area (Å²) in [6.45, 7) is 3.66. The summed E-state index contributed by atoms with van der Waals surface area (Å²) in [5.74, 6) is 1.28. The first-order valence-electron chi connectivity index (χ1n) is 11.2. The first kappa shape index (κ1) is 23.6. The summed E-state index contributed by atoms with van der Waals surface area (Å²) in [6, 6.07) is 18.6. The first-order valence-corrected chi connectivity index (χ1v) is 11.2. The van der Waals surface area contributed by atoms with Crippen LogP contribution in [0.25, 0.3) is 0 Å². The molecule has 0 aliphatic heterocycles. The van der Waals surface area contributed by atoms with Gasteiger partial charge in [0.15, 0.2) is 0 Å². The highest BCUT2D eigenvalue weighted by Crippen LogP contribution is 2.13. The van der Waals surface area contributed by atoms with Crippen molar-refractivity contribution in [1.29, 1.82) is 0 Å². The van der Waals surface area contributed by atoms with Crippen molar-refractivity contribution in [3.63, 3.8) is 0 Å². The van der Waals surface area contributed by atoms with E-state index in [-0.39, 0.29) is 5.91 Å². The van der Waals surface area contributed by atoms with Crippen molar-refractivity contribution in [2.45, 2.75) is 26.5 Å². The number of hydrogen-bond acceptors (Lipinski definition) is 7. The van der Waals surface area contributed by atoms with E-state index in [1.54, 1.807) is 35.4 Å². The average Bonchev–Trinajstić information content (AvgIpc) is 3.35. The predicted octanol–water partition coefficient (Wildman–Crippen LogP) is 3.79. The molecular weight excluding hydrogens is 444 g/mol. The van der Waals surface area contributed by atoms with Crippen LogP contribution in [0.4, 0.5) is 0 Å². The van der Waals surface area contributed by atoms with Crippen LogP contribution in [0.1, 0.15) is 33.6 Å². The summed E-state index contributed by atoms with van der Waals surface area (Å²) < 4.78 is 13.3. The third-order valence-corrected chi connectivity index (χ3v) is 5.00. The lowest BCUT2D eigenvalue weighted by atomic mass is 10.2. The Balaban J connectivity index is 1.14. The molecule has 2 aromatic heterocycles. The van der Waals surface area contributed by atoms with Crippen molar-refractivity contribution in [3.05, 3.63) is 102 Å². The minimum absolute atomic E-state index is 0.290. The molecule has 0 fully saturated rings. The number of rotatable bonds is 11. The van der Waals surface area contributed by atoms with Crippen LogP contribution in [0.15, 0.2) is 84.4 Å². The molecule has 0 atom stereocenters. The van der Waals surface area contributed by atoms with Gasteiger partial charge in [0, 0.05) is 30.9 Å². The smallest absolute Gasteiger partial charge is 0.271 e. The normalized spacial score (nSPS) is 10.9. The molecule has 2 heterocycles. The second-order valence-corrected chi connectivity index (χ2v) is 7.78. The topological polar surface area (TPSA) is 104 Å². The number of aromatic nitrogens is 4. The lowest BCUT2D eigenvalue weighted by Gasteiger charge is -2.06. The van der Waals surface area contributed by atoms with Gasteiger partial charge in [0.25, 0.3) is 5.91 Å². The second kappa shape index (κ2) is 12.1. The van der Waals surface area contributed by atoms with Crippen molar-refractivity contribution in [3.8, 4) is 11.5 Å². The standard InChI is InChI=1S/C26H26N6O3/c1-20-3-7-25(8-4-20)35-19-23-18-32(31-29-23)15-2-16-34-24-9-5-21(6-10-24)17-28-30-26(33)22-11-13-27-14-12-22/h3-14,17-18H,2,15-16,19H2,1H3,(H,30,33)/b28-17+. The van der Waals surface area contributed by atoms with Crippen LogP contribution in [0.5, 0.6) is 11.5 Å². The van der Waals surface area contributed by atoms with E-state index in [0.29, 0.717) is 25.3 Å². The lowest BCUT2D eigenvalue weighted by molar-refractivity contribution is 0.0955. The molecule has 178 valence electrons. The number of aryl methyl sites for hydroxylation is 2. The second-order valence-electron chi connectivity index (χ2n) is 7.78. The van der Waals surface area contributed by atoms with Gasteiger partial charge in [0.2, 0.25) is 0 Å². The van der Waals surface area contributed by atoms with Crippen molar-refractivity contribution in [2.24, 2.45) is 5.10 Å². The molecule has 0 saturated heterocycles. The molecule has 0 spiro atoms. The highest BCUT2D eigenvalue weighted by molar-refractivity contribution is 5.94. The fourth-order valence-corrected chi connectivity index (χ4v) is 3.11. The van der Waals surface area contributed by atoms with E-state index in [1.807, 2.05) is 61.7 Å². The molecule has 0 saturated carbocycles. The molecule has 0 unspecified atom stereocenters. The van der Waals surface area contributed by atoms with Gasteiger partial charge in [-0.05, 0) is 61.0 Å². The zero-order valence-corrected chi connectivity index (χ0v) is 19.4. The number of hydrazone groups is 1. The molecular formula is C26H26N6O3. The highest BCUT2D eigenvalue weighted by atomic mass is 16.5. The molecule has 0 radical (unpaired) electrons. The summed E-state index contributed by atoms with van der Waals surface area (Å²) in [4.78, 5) is 15.8. The third kappa shape index (κ3) is 7.50. The number of hydrogen-bond donors (Lipinski definition) is 1. The van der Waals surface area contributed by atoms with Gasteiger partial charge in [-0.3, -0.25) is 14.5 Å². The van der Waals surface area contributed by atoms with E-state index in [4.69, 9.17) is 9.47 Å². The summed E-state index contributed by atoms with van der Waals surface area (Å²) in [7, 11) is 0. The largest absolute Gasteiger partial charge is 0.494 e. The van der Waals surface area contributed by atoms with Crippen LogP contribution in [0.2, 0.25) is 0 Å². The van der Waals surface area contributed by atoms with Gasteiger partial charge in [-0.25, -0.2) is 5.43 Å². The van der Waals surface area contributed by atoms with Crippen LogP contribution in [0, 0.1) is 6.92 Å². The molecule has 4 rings (SSSR count). The number of amides is 1. The van der Waals surface area contributed by atoms with E-state index in [2.05, 4.69) is 25.8 Å². The van der Waals surface area contributed by atoms with Crippen LogP contribution in [0.3, 0.4) is 0 Å². The number of carbonyl (C=O) groups is 1. The lowest BCUT2D eigenvalue weighted by Crippen LogP contribution is -2.17. The Hall–Kier alpha value is -4.53. The van der Waals surface area contributed by atoms with Gasteiger partial charge in [0.05, 0.1) is 19.0 Å². The number of nitrogens with zero attached hydrogens (tertiary/aromatic N) is 5. The minimum atomic E-state index is -0.290. The maximum Gasteiger partial charge on any atom is 0.271 e. The summed E-state index contributed by atoms with van der Waals surface area (Å²) in [5.41, 5.74) is 5.80. The van der Waals surface area contributed by atoms with Crippen LogP contribution >= 0.6 is 0 Å². The molecule has 9 nitrogen and oxygen atoms in total. The summed E-state index contributed by atoms with van der Waals surface area (Å²) in [5, 5.41) is 12.3. The quantitative estimate of drug-likeness (QED) is 0.203. The highest BCUT2D eigenvalue weighted by Gasteiger charge is 2.04. The Kier molecular flexibility index (Phi) is 8.15. The van der Waals surface area contributed by atoms with E-state index >= 15 is 0 Å². The molecule has 35 heavy (non-hydrogen) atoms.